The SMILES string of the molecule is Cc1ccc(-c2noc([C@H]3C[C@@H]3F)n2)cc1NC(=O)c1cnn2ccc(N3CC4(C3)CN(S(C)(=O)=O)C4)cc12. The number of anilines is 2. The van der Waals surface area contributed by atoms with Crippen LogP contribution in [0.25, 0.3) is 16.9 Å². The second-order valence-electron chi connectivity index (χ2n) is 11.0. The Morgan fingerprint density at radius 2 is 1.95 bits per heavy atom. The monoisotopic (exact) mass is 551 g/mol. The predicted molar refractivity (Wildman–Crippen MR) is 141 cm³/mol. The number of benzene rings is 1. The van der Waals surface area contributed by atoms with Crippen LogP contribution in [0.5, 0.6) is 0 Å². The molecule has 39 heavy (non-hydrogen) atoms. The number of alkyl halides is 1. The fraction of sp³-hybridized carbons (Fsp3) is 0.385. The molecule has 1 aromatic carbocycles. The summed E-state index contributed by atoms with van der Waals surface area (Å²) in [6.45, 7) is 4.51. The zero-order chi connectivity index (χ0) is 27.1. The molecule has 1 amide bonds. The zero-order valence-electron chi connectivity index (χ0n) is 21.3. The maximum atomic E-state index is 13.4. The van der Waals surface area contributed by atoms with E-state index < -0.39 is 16.2 Å². The number of nitrogens with one attached hydrogen (secondary N) is 1. The van der Waals surface area contributed by atoms with Crippen LogP contribution in [0.4, 0.5) is 15.8 Å². The molecule has 13 heteroatoms. The first-order chi connectivity index (χ1) is 18.6. The summed E-state index contributed by atoms with van der Waals surface area (Å²) in [5, 5.41) is 11.3. The van der Waals surface area contributed by atoms with Crippen molar-refractivity contribution in [3.63, 3.8) is 0 Å². The Balaban J connectivity index is 1.08. The van der Waals surface area contributed by atoms with Crippen molar-refractivity contribution < 1.29 is 22.1 Å². The highest BCUT2D eigenvalue weighted by molar-refractivity contribution is 7.88. The van der Waals surface area contributed by atoms with E-state index in [2.05, 4.69) is 25.5 Å². The van der Waals surface area contributed by atoms with Crippen molar-refractivity contribution in [2.75, 3.05) is 42.7 Å². The second kappa shape index (κ2) is 8.33. The van der Waals surface area contributed by atoms with Crippen LogP contribution in [0.3, 0.4) is 0 Å². The number of amides is 1. The van der Waals surface area contributed by atoms with Crippen molar-refractivity contribution >= 4 is 32.8 Å². The third-order valence-electron chi connectivity index (χ3n) is 7.88. The minimum atomic E-state index is -3.15. The quantitative estimate of drug-likeness (QED) is 0.388. The van der Waals surface area contributed by atoms with Gasteiger partial charge < -0.3 is 14.7 Å². The molecular weight excluding hydrogens is 525 g/mol. The Labute approximate surface area is 223 Å². The largest absolute Gasteiger partial charge is 0.370 e. The summed E-state index contributed by atoms with van der Waals surface area (Å²) in [6.07, 6.45) is 4.07. The molecule has 1 saturated carbocycles. The molecule has 3 aromatic heterocycles. The highest BCUT2D eigenvalue weighted by atomic mass is 32.2. The molecule has 7 rings (SSSR count). The summed E-state index contributed by atoms with van der Waals surface area (Å²) in [4.78, 5) is 19.9. The van der Waals surface area contributed by atoms with Crippen LogP contribution < -0.4 is 10.2 Å². The van der Waals surface area contributed by atoms with Crippen LogP contribution in [0.2, 0.25) is 0 Å². The van der Waals surface area contributed by atoms with Gasteiger partial charge in [0.25, 0.3) is 5.91 Å². The summed E-state index contributed by atoms with van der Waals surface area (Å²) in [7, 11) is -3.15. The maximum Gasteiger partial charge on any atom is 0.259 e. The van der Waals surface area contributed by atoms with Gasteiger partial charge in [0.15, 0.2) is 0 Å². The lowest BCUT2D eigenvalue weighted by Gasteiger charge is -2.60. The van der Waals surface area contributed by atoms with E-state index in [4.69, 9.17) is 4.52 Å². The molecule has 11 nitrogen and oxygen atoms in total. The van der Waals surface area contributed by atoms with Crippen LogP contribution in [-0.4, -0.2) is 77.0 Å². The lowest BCUT2D eigenvalue weighted by atomic mass is 9.74. The van der Waals surface area contributed by atoms with Crippen molar-refractivity contribution in [3.05, 3.63) is 59.7 Å². The first kappa shape index (κ1) is 24.2. The molecule has 202 valence electrons. The van der Waals surface area contributed by atoms with Gasteiger partial charge in [0.2, 0.25) is 21.7 Å². The Morgan fingerprint density at radius 1 is 1.18 bits per heavy atom. The number of fused-ring (bicyclic) bond motifs is 1. The molecule has 1 N–H and O–H groups in total. The Morgan fingerprint density at radius 3 is 2.67 bits per heavy atom. The van der Waals surface area contributed by atoms with Gasteiger partial charge in [0.1, 0.15) is 6.17 Å². The first-order valence-electron chi connectivity index (χ1n) is 12.7. The Bertz CT molecular complexity index is 1740. The van der Waals surface area contributed by atoms with Crippen LogP contribution in [0.1, 0.15) is 34.2 Å². The van der Waals surface area contributed by atoms with Crippen molar-refractivity contribution in [2.45, 2.75) is 25.4 Å². The highest BCUT2D eigenvalue weighted by Crippen LogP contribution is 2.44. The van der Waals surface area contributed by atoms with Gasteiger partial charge in [0, 0.05) is 54.7 Å². The molecular formula is C26H26FN7O4S. The lowest BCUT2D eigenvalue weighted by molar-refractivity contribution is 0.0400. The van der Waals surface area contributed by atoms with E-state index in [1.165, 1.54) is 16.8 Å². The van der Waals surface area contributed by atoms with Gasteiger partial charge >= 0.3 is 0 Å². The van der Waals surface area contributed by atoms with Gasteiger partial charge in [-0.15, -0.1) is 0 Å². The number of halogens is 1. The average molecular weight is 552 g/mol. The molecule has 0 unspecified atom stereocenters. The smallest absolute Gasteiger partial charge is 0.259 e. The third-order valence-corrected chi connectivity index (χ3v) is 9.07. The van der Waals surface area contributed by atoms with Crippen LogP contribution in [0, 0.1) is 12.3 Å². The summed E-state index contributed by atoms with van der Waals surface area (Å²) >= 11 is 0. The number of carbonyl (C=O) groups is 1. The number of sulfonamides is 1. The number of rotatable bonds is 6. The molecule has 4 aromatic rings. The minimum absolute atomic E-state index is 0.00387. The number of aryl methyl sites for hydroxylation is 1. The number of pyridine rings is 1. The molecule has 5 heterocycles. The molecule has 3 aliphatic rings. The molecule has 2 aliphatic heterocycles. The molecule has 2 saturated heterocycles. The van der Waals surface area contributed by atoms with Crippen LogP contribution in [0.15, 0.2) is 47.2 Å². The van der Waals surface area contributed by atoms with Crippen molar-refractivity contribution in [1.82, 2.24) is 24.1 Å². The first-order valence-corrected chi connectivity index (χ1v) is 14.5. The summed E-state index contributed by atoms with van der Waals surface area (Å²) in [5.74, 6) is 0.00837. The van der Waals surface area contributed by atoms with Gasteiger partial charge in [0.05, 0.1) is 29.5 Å². The van der Waals surface area contributed by atoms with Gasteiger partial charge in [-0.1, -0.05) is 17.3 Å². The fourth-order valence-corrected chi connectivity index (χ4v) is 6.45. The Kier molecular flexibility index (Phi) is 5.17. The van der Waals surface area contributed by atoms with E-state index >= 15 is 0 Å². The molecule has 0 bridgehead atoms. The van der Waals surface area contributed by atoms with E-state index in [0.29, 0.717) is 53.6 Å². The zero-order valence-corrected chi connectivity index (χ0v) is 22.2. The number of aromatic nitrogens is 4. The summed E-state index contributed by atoms with van der Waals surface area (Å²) in [6, 6.07) is 9.34. The standard InChI is InChI=1S/C26H26FN7O4S/c1-15-3-4-16(23-30-25(38-31-23)18-9-20(18)27)7-21(15)29-24(35)19-10-28-34-6-5-17(8-22(19)34)32-11-26(12-32)13-33(14-26)39(2,36)37/h3-8,10,18,20H,9,11-14H2,1-2H3,(H,29,35)/t18-,20-/m0/s1. The topological polar surface area (TPSA) is 126 Å². The number of nitrogens with zero attached hydrogens (tertiary/aromatic N) is 6. The van der Waals surface area contributed by atoms with E-state index in [0.717, 1.165) is 24.3 Å². The van der Waals surface area contributed by atoms with Gasteiger partial charge in [-0.05, 0) is 37.1 Å². The van der Waals surface area contributed by atoms with E-state index in [1.54, 1.807) is 10.6 Å². The molecule has 1 aliphatic carbocycles. The normalized spacial score (nSPS) is 22.1. The van der Waals surface area contributed by atoms with Gasteiger partial charge in [-0.25, -0.2) is 21.6 Å². The minimum Gasteiger partial charge on any atom is -0.370 e. The number of carbonyl (C=O) groups excluding carboxylic acids is 1. The summed E-state index contributed by atoms with van der Waals surface area (Å²) < 4.78 is 45.2. The van der Waals surface area contributed by atoms with Gasteiger partial charge in [-0.2, -0.15) is 10.1 Å². The second-order valence-corrected chi connectivity index (χ2v) is 12.9. The molecule has 2 atom stereocenters. The molecule has 1 spiro atoms. The maximum absolute atomic E-state index is 13.4. The molecule has 0 radical (unpaired) electrons. The van der Waals surface area contributed by atoms with Crippen molar-refractivity contribution in [1.29, 1.82) is 0 Å². The summed E-state index contributed by atoms with van der Waals surface area (Å²) in [5.41, 5.74) is 4.16. The highest BCUT2D eigenvalue weighted by Gasteiger charge is 2.54. The van der Waals surface area contributed by atoms with E-state index in [9.17, 15) is 17.6 Å². The van der Waals surface area contributed by atoms with Crippen LogP contribution in [-0.2, 0) is 10.0 Å². The fourth-order valence-electron chi connectivity index (χ4n) is 5.43. The van der Waals surface area contributed by atoms with E-state index in [1.807, 2.05) is 37.4 Å². The number of hydrogen-bond donors (Lipinski definition) is 1. The van der Waals surface area contributed by atoms with Crippen LogP contribution >= 0.6 is 0 Å². The predicted octanol–water partition coefficient (Wildman–Crippen LogP) is 2.85. The number of hydrogen-bond acceptors (Lipinski definition) is 8. The van der Waals surface area contributed by atoms with Crippen molar-refractivity contribution in [2.24, 2.45) is 5.41 Å². The Hall–Kier alpha value is -3.84. The lowest BCUT2D eigenvalue weighted by Crippen LogP contribution is -2.72. The third kappa shape index (κ3) is 4.16. The van der Waals surface area contributed by atoms with Crippen molar-refractivity contribution in [3.8, 4) is 11.4 Å². The van der Waals surface area contributed by atoms with Gasteiger partial charge in [-0.3, -0.25) is 4.79 Å². The molecule has 3 fully saturated rings. The van der Waals surface area contributed by atoms with E-state index in [-0.39, 0.29) is 17.2 Å². The average Bonchev–Trinajstić information content (AvgIpc) is 3.22.